The fraction of sp³-hybridized carbons (Fsp3) is 0.706. The molecule has 3 atom stereocenters. The smallest absolute Gasteiger partial charge is 0.0639 e. The van der Waals surface area contributed by atoms with Gasteiger partial charge in [0.1, 0.15) is 0 Å². The zero-order valence-electron chi connectivity index (χ0n) is 13.3. The normalized spacial score (nSPS) is 33.8. The molecule has 0 saturated heterocycles. The average molecular weight is 293 g/mol. The maximum absolute atomic E-state index is 12.4. The number of rotatable bonds is 3. The van der Waals surface area contributed by atoms with Gasteiger partial charge in [-0.2, -0.15) is 0 Å². The van der Waals surface area contributed by atoms with E-state index in [1.54, 1.807) is 0 Å². The summed E-state index contributed by atoms with van der Waals surface area (Å²) >= 11 is 0. The molecule has 0 bridgehead atoms. The second kappa shape index (κ2) is 6.35. The van der Waals surface area contributed by atoms with Crippen LogP contribution in [0.15, 0.2) is 22.4 Å². The molecule has 1 aliphatic carbocycles. The first-order valence-corrected chi connectivity index (χ1v) is 8.66. The van der Waals surface area contributed by atoms with Crippen LogP contribution in [0.25, 0.3) is 0 Å². The molecule has 0 radical (unpaired) electrons. The Morgan fingerprint density at radius 1 is 1.35 bits per heavy atom. The predicted molar refractivity (Wildman–Crippen MR) is 84.6 cm³/mol. The van der Waals surface area contributed by atoms with Gasteiger partial charge >= 0.3 is 0 Å². The molecule has 0 aromatic carbocycles. The van der Waals surface area contributed by atoms with Crippen LogP contribution in [0, 0.1) is 17.8 Å². The molecule has 2 rings (SSSR count). The highest BCUT2D eigenvalue weighted by Crippen LogP contribution is 2.38. The molecule has 2 aliphatic rings. The molecule has 1 fully saturated rings. The average Bonchev–Trinajstić information content (AvgIpc) is 2.69. The molecule has 0 spiro atoms. The van der Waals surface area contributed by atoms with Gasteiger partial charge in [-0.1, -0.05) is 35.4 Å². The van der Waals surface area contributed by atoms with Crippen molar-refractivity contribution >= 4 is 14.0 Å². The first-order valence-electron chi connectivity index (χ1n) is 7.70. The van der Waals surface area contributed by atoms with Crippen molar-refractivity contribution in [1.82, 2.24) is 0 Å². The minimum atomic E-state index is -0.0954. The number of hydrogen-bond donors (Lipinski definition) is 0. The summed E-state index contributed by atoms with van der Waals surface area (Å²) in [7, 11) is 0.997. The van der Waals surface area contributed by atoms with Gasteiger partial charge in [-0.3, -0.25) is 0 Å². The Balaban J connectivity index is 2.15. The summed E-state index contributed by atoms with van der Waals surface area (Å²) in [5.41, 5.74) is 2.30. The fourth-order valence-corrected chi connectivity index (χ4v) is 4.24. The molecule has 0 aromatic rings. The lowest BCUT2D eigenvalue weighted by molar-refractivity contribution is -0.367. The van der Waals surface area contributed by atoms with Crippen molar-refractivity contribution in [2.45, 2.75) is 60.0 Å². The SMILES string of the molecule is CC1=C(C)C(=C([O-])O[C@@H]2C[C@H](C)CC[C@H]2C(C)C)P=C1. The summed E-state index contributed by atoms with van der Waals surface area (Å²) in [5, 5.41) is 13.3. The van der Waals surface area contributed by atoms with E-state index in [1.807, 2.05) is 6.92 Å². The van der Waals surface area contributed by atoms with Crippen LogP contribution < -0.4 is 5.11 Å². The van der Waals surface area contributed by atoms with Crippen LogP contribution in [0.5, 0.6) is 0 Å². The monoisotopic (exact) mass is 293 g/mol. The van der Waals surface area contributed by atoms with Crippen LogP contribution in [-0.4, -0.2) is 11.9 Å². The predicted octanol–water partition coefficient (Wildman–Crippen LogP) is 4.09. The molecule has 1 aliphatic heterocycles. The molecule has 112 valence electrons. The second-order valence-corrected chi connectivity index (χ2v) is 7.65. The Morgan fingerprint density at radius 2 is 2.05 bits per heavy atom. The lowest BCUT2D eigenvalue weighted by Crippen LogP contribution is -2.35. The number of allylic oxidation sites excluding steroid dienone is 3. The van der Waals surface area contributed by atoms with Gasteiger partial charge in [-0.25, -0.2) is 0 Å². The van der Waals surface area contributed by atoms with Crippen molar-refractivity contribution in [2.75, 3.05) is 0 Å². The Kier molecular flexibility index (Phi) is 4.96. The summed E-state index contributed by atoms with van der Waals surface area (Å²) in [6, 6.07) is 0. The van der Waals surface area contributed by atoms with Gasteiger partial charge in [-0.15, -0.1) is 0 Å². The van der Waals surface area contributed by atoms with Crippen molar-refractivity contribution in [3.63, 3.8) is 0 Å². The third-order valence-corrected chi connectivity index (χ3v) is 6.04. The molecule has 20 heavy (non-hydrogen) atoms. The van der Waals surface area contributed by atoms with Gasteiger partial charge in [0.15, 0.2) is 0 Å². The third-order valence-electron chi connectivity index (χ3n) is 4.75. The minimum absolute atomic E-state index is 0.0954. The van der Waals surface area contributed by atoms with E-state index in [1.165, 1.54) is 18.4 Å². The van der Waals surface area contributed by atoms with Crippen molar-refractivity contribution in [2.24, 2.45) is 17.8 Å². The molecule has 0 amide bonds. The van der Waals surface area contributed by atoms with E-state index in [0.717, 1.165) is 25.5 Å². The molecular formula is C17H26O2P-. The van der Waals surface area contributed by atoms with Crippen molar-refractivity contribution in [3.8, 4) is 0 Å². The van der Waals surface area contributed by atoms with Crippen LogP contribution in [0.1, 0.15) is 53.9 Å². The first kappa shape index (κ1) is 15.6. The van der Waals surface area contributed by atoms with E-state index in [9.17, 15) is 5.11 Å². The Hall–Kier alpha value is -0.750. The largest absolute Gasteiger partial charge is 0.609 e. The summed E-state index contributed by atoms with van der Waals surface area (Å²) in [6.45, 7) is 10.8. The molecule has 0 aromatic heterocycles. The van der Waals surface area contributed by atoms with Gasteiger partial charge in [0.2, 0.25) is 0 Å². The molecule has 3 heteroatoms. The van der Waals surface area contributed by atoms with Crippen LogP contribution in [0.2, 0.25) is 0 Å². The second-order valence-electron chi connectivity index (χ2n) is 6.68. The highest BCUT2D eigenvalue weighted by atomic mass is 31.1. The quantitative estimate of drug-likeness (QED) is 0.580. The van der Waals surface area contributed by atoms with Gasteiger partial charge in [0, 0.05) is 11.4 Å². The summed E-state index contributed by atoms with van der Waals surface area (Å²) in [4.78, 5) is 0. The van der Waals surface area contributed by atoms with Gasteiger partial charge in [0.25, 0.3) is 0 Å². The Bertz CT molecular complexity index is 460. The van der Waals surface area contributed by atoms with Gasteiger partial charge < -0.3 is 9.84 Å². The summed E-state index contributed by atoms with van der Waals surface area (Å²) in [6.07, 6.45) is 3.56. The maximum Gasteiger partial charge on any atom is 0.0639 e. The van der Waals surface area contributed by atoms with Crippen LogP contribution in [0.4, 0.5) is 0 Å². The lowest BCUT2D eigenvalue weighted by Gasteiger charge is -2.42. The molecule has 1 heterocycles. The van der Waals surface area contributed by atoms with Crippen molar-refractivity contribution in [1.29, 1.82) is 0 Å². The first-order chi connectivity index (χ1) is 9.40. The molecular weight excluding hydrogens is 267 g/mol. The van der Waals surface area contributed by atoms with Gasteiger partial charge in [-0.05, 0) is 61.4 Å². The molecule has 2 nitrogen and oxygen atoms in total. The third kappa shape index (κ3) is 3.28. The van der Waals surface area contributed by atoms with Gasteiger partial charge in [0.05, 0.1) is 5.95 Å². The van der Waals surface area contributed by atoms with E-state index in [-0.39, 0.29) is 12.0 Å². The fourth-order valence-electron chi connectivity index (χ4n) is 3.19. The molecule has 0 unspecified atom stereocenters. The van der Waals surface area contributed by atoms with Crippen molar-refractivity contribution in [3.05, 3.63) is 22.4 Å². The van der Waals surface area contributed by atoms with Crippen LogP contribution in [0.3, 0.4) is 0 Å². The number of hydrogen-bond acceptors (Lipinski definition) is 2. The lowest BCUT2D eigenvalue weighted by atomic mass is 9.75. The standard InChI is InChI=1S/C17H27O2P/c1-10(2)14-7-6-11(3)8-15(14)19-17(18)16-13(5)12(4)9-20-16/h9-11,14-15,18H,6-8H2,1-5H3/p-1/t11-,14+,15-/m1/s1. The van der Waals surface area contributed by atoms with E-state index >= 15 is 0 Å². The van der Waals surface area contributed by atoms with Crippen LogP contribution >= 0.6 is 8.20 Å². The zero-order chi connectivity index (χ0) is 14.9. The highest BCUT2D eigenvalue weighted by molar-refractivity contribution is 7.45. The Labute approximate surface area is 124 Å². The number of ether oxygens (including phenoxy) is 1. The topological polar surface area (TPSA) is 32.3 Å². The minimum Gasteiger partial charge on any atom is -0.609 e. The Morgan fingerprint density at radius 3 is 2.60 bits per heavy atom. The van der Waals surface area contributed by atoms with E-state index in [0.29, 0.717) is 17.8 Å². The summed E-state index contributed by atoms with van der Waals surface area (Å²) in [5.74, 6) is 3.76. The van der Waals surface area contributed by atoms with E-state index in [2.05, 4.69) is 33.5 Å². The summed E-state index contributed by atoms with van der Waals surface area (Å²) < 4.78 is 5.90. The highest BCUT2D eigenvalue weighted by Gasteiger charge is 2.29. The van der Waals surface area contributed by atoms with Crippen molar-refractivity contribution < 1.29 is 9.84 Å². The molecule has 1 saturated carbocycles. The van der Waals surface area contributed by atoms with E-state index in [4.69, 9.17) is 4.74 Å². The maximum atomic E-state index is 12.4. The van der Waals surface area contributed by atoms with E-state index < -0.39 is 0 Å². The van der Waals surface area contributed by atoms with Crippen LogP contribution in [-0.2, 0) is 4.74 Å². The zero-order valence-corrected chi connectivity index (χ0v) is 14.2. The molecule has 0 N–H and O–H groups in total.